The van der Waals surface area contributed by atoms with Crippen molar-refractivity contribution in [3.05, 3.63) is 11.8 Å². The van der Waals surface area contributed by atoms with Crippen molar-refractivity contribution in [3.63, 3.8) is 0 Å². The van der Waals surface area contributed by atoms with E-state index in [9.17, 15) is 13.2 Å². The van der Waals surface area contributed by atoms with E-state index in [0.29, 0.717) is 19.3 Å². The van der Waals surface area contributed by atoms with Gasteiger partial charge < -0.3 is 4.74 Å². The Morgan fingerprint density at radius 3 is 2.90 bits per heavy atom. The Morgan fingerprint density at radius 1 is 1.55 bits per heavy atom. The van der Waals surface area contributed by atoms with Crippen LogP contribution in [0.15, 0.2) is 6.07 Å². The molecule has 0 amide bonds. The van der Waals surface area contributed by atoms with Crippen molar-refractivity contribution in [1.82, 2.24) is 10.2 Å². The quantitative estimate of drug-likeness (QED) is 0.792. The summed E-state index contributed by atoms with van der Waals surface area (Å²) in [6, 6.07) is 1.65. The van der Waals surface area contributed by atoms with E-state index in [1.54, 1.807) is 6.07 Å². The van der Waals surface area contributed by atoms with Gasteiger partial charge in [0.15, 0.2) is 5.82 Å². The number of carbonyl (C=O) groups excluding carboxylic acids is 1. The average Bonchev–Trinajstić information content (AvgIpc) is 3.05. The first-order valence-corrected chi connectivity index (χ1v) is 8.16. The highest BCUT2D eigenvalue weighted by molar-refractivity contribution is 7.93. The molecule has 7 nitrogen and oxygen atoms in total. The van der Waals surface area contributed by atoms with Crippen LogP contribution in [-0.4, -0.2) is 36.9 Å². The van der Waals surface area contributed by atoms with E-state index < -0.39 is 27.2 Å². The van der Waals surface area contributed by atoms with Crippen LogP contribution in [-0.2, 0) is 26.0 Å². The molecule has 0 radical (unpaired) electrons. The molecule has 2 unspecified atom stereocenters. The number of rotatable bonds is 5. The zero-order chi connectivity index (χ0) is 14.8. The molecule has 1 heterocycles. The maximum absolute atomic E-state index is 12.4. The third kappa shape index (κ3) is 2.95. The third-order valence-electron chi connectivity index (χ3n) is 3.61. The van der Waals surface area contributed by atoms with E-state index in [4.69, 9.17) is 0 Å². The molecule has 0 spiro atoms. The summed E-state index contributed by atoms with van der Waals surface area (Å²) in [5, 5.41) is 5.89. The Hall–Kier alpha value is -1.57. The molecule has 0 bridgehead atoms. The normalized spacial score (nSPS) is 22.7. The Balaban J connectivity index is 2.15. The van der Waals surface area contributed by atoms with Gasteiger partial charge in [0.2, 0.25) is 10.0 Å². The lowest BCUT2D eigenvalue weighted by Gasteiger charge is -2.18. The fourth-order valence-electron chi connectivity index (χ4n) is 2.53. The number of nitrogens with one attached hydrogen (secondary N) is 2. The second-order valence-corrected chi connectivity index (χ2v) is 6.78. The molecule has 20 heavy (non-hydrogen) atoms. The number of sulfonamides is 1. The minimum atomic E-state index is -3.65. The van der Waals surface area contributed by atoms with Crippen LogP contribution in [0.3, 0.4) is 0 Å². The number of methoxy groups -OCH3 is 1. The van der Waals surface area contributed by atoms with Crippen molar-refractivity contribution >= 4 is 21.8 Å². The van der Waals surface area contributed by atoms with Gasteiger partial charge >= 0.3 is 5.97 Å². The molecule has 1 saturated carbocycles. The van der Waals surface area contributed by atoms with Crippen molar-refractivity contribution in [1.29, 1.82) is 0 Å². The molecular weight excluding hydrogens is 282 g/mol. The van der Waals surface area contributed by atoms with Gasteiger partial charge in [-0.15, -0.1) is 0 Å². The number of aryl methyl sites for hydroxylation is 1. The second kappa shape index (κ2) is 5.82. The SMILES string of the molecule is CCc1cc(NS(=O)(=O)C2CCCC2C(=O)OC)n[nH]1. The topological polar surface area (TPSA) is 101 Å². The first-order chi connectivity index (χ1) is 9.47. The number of ether oxygens (including phenoxy) is 1. The summed E-state index contributed by atoms with van der Waals surface area (Å²) >= 11 is 0. The van der Waals surface area contributed by atoms with Crippen molar-refractivity contribution in [2.24, 2.45) is 5.92 Å². The maximum atomic E-state index is 12.4. The van der Waals surface area contributed by atoms with Crippen LogP contribution in [0.4, 0.5) is 5.82 Å². The average molecular weight is 301 g/mol. The molecule has 0 aromatic carbocycles. The number of H-pyrrole nitrogens is 1. The number of esters is 1. The summed E-state index contributed by atoms with van der Waals surface area (Å²) in [7, 11) is -2.37. The molecule has 0 aliphatic heterocycles. The number of carbonyl (C=O) groups is 1. The smallest absolute Gasteiger partial charge is 0.310 e. The monoisotopic (exact) mass is 301 g/mol. The van der Waals surface area contributed by atoms with Crippen LogP contribution in [0.1, 0.15) is 31.9 Å². The molecule has 1 aromatic heterocycles. The maximum Gasteiger partial charge on any atom is 0.310 e. The van der Waals surface area contributed by atoms with Crippen molar-refractivity contribution in [2.45, 2.75) is 37.9 Å². The van der Waals surface area contributed by atoms with Crippen molar-refractivity contribution in [3.8, 4) is 0 Å². The Morgan fingerprint density at radius 2 is 2.30 bits per heavy atom. The summed E-state index contributed by atoms with van der Waals surface area (Å²) in [5.74, 6) is -0.798. The van der Waals surface area contributed by atoms with Crippen LogP contribution in [0.25, 0.3) is 0 Å². The summed E-state index contributed by atoms with van der Waals surface area (Å²) < 4.78 is 31.8. The van der Waals surface area contributed by atoms with Gasteiger partial charge in [-0.2, -0.15) is 5.10 Å². The van der Waals surface area contributed by atoms with E-state index in [0.717, 1.165) is 12.1 Å². The summed E-state index contributed by atoms with van der Waals surface area (Å²) in [4.78, 5) is 11.6. The van der Waals surface area contributed by atoms with Gasteiger partial charge in [0.1, 0.15) is 0 Å². The second-order valence-electron chi connectivity index (χ2n) is 4.88. The van der Waals surface area contributed by atoms with Crippen LogP contribution < -0.4 is 4.72 Å². The van der Waals surface area contributed by atoms with E-state index >= 15 is 0 Å². The van der Waals surface area contributed by atoms with E-state index in [1.165, 1.54) is 7.11 Å². The number of hydrogen-bond donors (Lipinski definition) is 2. The molecule has 112 valence electrons. The van der Waals surface area contributed by atoms with Gasteiger partial charge in [0, 0.05) is 11.8 Å². The third-order valence-corrected chi connectivity index (χ3v) is 5.47. The number of aromatic nitrogens is 2. The zero-order valence-corrected chi connectivity index (χ0v) is 12.4. The molecule has 2 N–H and O–H groups in total. The van der Waals surface area contributed by atoms with E-state index in [-0.39, 0.29) is 5.82 Å². The van der Waals surface area contributed by atoms with E-state index in [1.807, 2.05) is 6.92 Å². The highest BCUT2D eigenvalue weighted by Crippen LogP contribution is 2.32. The lowest BCUT2D eigenvalue weighted by molar-refractivity contribution is -0.145. The number of hydrogen-bond acceptors (Lipinski definition) is 5. The standard InChI is InChI=1S/C12H19N3O4S/c1-3-8-7-11(14-13-8)15-20(17,18)10-6-4-5-9(10)12(16)19-2/h7,9-10H,3-6H2,1-2H3,(H2,13,14,15). The van der Waals surface area contributed by atoms with E-state index in [2.05, 4.69) is 19.7 Å². The fourth-order valence-corrected chi connectivity index (χ4v) is 4.24. The predicted molar refractivity (Wildman–Crippen MR) is 73.7 cm³/mol. The Labute approximate surface area is 118 Å². The van der Waals surface area contributed by atoms with Crippen molar-refractivity contribution < 1.29 is 17.9 Å². The van der Waals surface area contributed by atoms with Gasteiger partial charge in [-0.05, 0) is 19.3 Å². The molecule has 1 aliphatic rings. The molecule has 2 atom stereocenters. The molecule has 1 fully saturated rings. The number of anilines is 1. The number of nitrogens with zero attached hydrogens (tertiary/aromatic N) is 1. The van der Waals surface area contributed by atoms with Gasteiger partial charge in [0.25, 0.3) is 0 Å². The largest absolute Gasteiger partial charge is 0.469 e. The molecule has 1 aromatic rings. The Kier molecular flexibility index (Phi) is 4.32. The van der Waals surface area contributed by atoms with Crippen molar-refractivity contribution in [2.75, 3.05) is 11.8 Å². The molecule has 2 rings (SSSR count). The van der Waals surface area contributed by atoms with Gasteiger partial charge in [-0.3, -0.25) is 14.6 Å². The highest BCUT2D eigenvalue weighted by Gasteiger charge is 2.42. The molecule has 1 aliphatic carbocycles. The number of aromatic amines is 1. The molecular formula is C12H19N3O4S. The predicted octanol–water partition coefficient (Wildman–Crippen LogP) is 1.06. The zero-order valence-electron chi connectivity index (χ0n) is 11.5. The first-order valence-electron chi connectivity index (χ1n) is 6.61. The minimum absolute atomic E-state index is 0.261. The lowest BCUT2D eigenvalue weighted by atomic mass is 10.1. The Bertz CT molecular complexity index is 581. The highest BCUT2D eigenvalue weighted by atomic mass is 32.2. The lowest BCUT2D eigenvalue weighted by Crippen LogP contribution is -2.35. The summed E-state index contributed by atoms with van der Waals surface area (Å²) in [6.07, 6.45) is 2.44. The molecule has 8 heteroatoms. The minimum Gasteiger partial charge on any atom is -0.469 e. The van der Waals surface area contributed by atoms with Gasteiger partial charge in [0.05, 0.1) is 18.3 Å². The van der Waals surface area contributed by atoms with Crippen LogP contribution in [0, 0.1) is 5.92 Å². The van der Waals surface area contributed by atoms with Crippen LogP contribution in [0.2, 0.25) is 0 Å². The van der Waals surface area contributed by atoms with Gasteiger partial charge in [-0.1, -0.05) is 13.3 Å². The van der Waals surface area contributed by atoms with Gasteiger partial charge in [-0.25, -0.2) is 8.42 Å². The summed E-state index contributed by atoms with van der Waals surface area (Å²) in [5.41, 5.74) is 0.846. The first kappa shape index (κ1) is 14.8. The summed E-state index contributed by atoms with van der Waals surface area (Å²) in [6.45, 7) is 1.94. The fraction of sp³-hybridized carbons (Fsp3) is 0.667. The van der Waals surface area contributed by atoms with Crippen LogP contribution in [0.5, 0.6) is 0 Å². The van der Waals surface area contributed by atoms with Crippen LogP contribution >= 0.6 is 0 Å². The molecule has 0 saturated heterocycles.